The number of rotatable bonds is 3. The van der Waals surface area contributed by atoms with Crippen molar-refractivity contribution in [2.45, 2.75) is 25.4 Å². The third-order valence-electron chi connectivity index (χ3n) is 3.43. The van der Waals surface area contributed by atoms with Gasteiger partial charge in [-0.3, -0.25) is 4.79 Å². The van der Waals surface area contributed by atoms with E-state index in [0.717, 1.165) is 24.2 Å². The Morgan fingerprint density at radius 3 is 2.79 bits per heavy atom. The van der Waals surface area contributed by atoms with Crippen LogP contribution in [0.1, 0.15) is 12.8 Å². The first-order valence-electron chi connectivity index (χ1n) is 6.37. The third-order valence-corrected chi connectivity index (χ3v) is 3.76. The maximum absolute atomic E-state index is 11.3. The highest BCUT2D eigenvalue weighted by atomic mass is 32.1. The van der Waals surface area contributed by atoms with Gasteiger partial charge in [0.1, 0.15) is 0 Å². The zero-order chi connectivity index (χ0) is 13.2. The molecule has 1 fully saturated rings. The summed E-state index contributed by atoms with van der Waals surface area (Å²) in [7, 11) is 0. The molecule has 1 saturated heterocycles. The van der Waals surface area contributed by atoms with E-state index in [2.05, 4.69) is 27.0 Å². The lowest BCUT2D eigenvalue weighted by Gasteiger charge is -2.13. The molecule has 0 aliphatic carbocycles. The van der Waals surface area contributed by atoms with E-state index in [4.69, 9.17) is 12.2 Å². The molecule has 4 nitrogen and oxygen atoms in total. The highest BCUT2D eigenvalue weighted by Crippen LogP contribution is 2.21. The summed E-state index contributed by atoms with van der Waals surface area (Å²) in [5.41, 5.74) is 2.19. The summed E-state index contributed by atoms with van der Waals surface area (Å²) in [4.78, 5) is 14.4. The van der Waals surface area contributed by atoms with E-state index in [1.165, 1.54) is 0 Å². The quantitative estimate of drug-likeness (QED) is 0.844. The van der Waals surface area contributed by atoms with Crippen LogP contribution in [0.4, 0.5) is 0 Å². The summed E-state index contributed by atoms with van der Waals surface area (Å²) in [5, 5.41) is 2.98. The number of nitrogens with zero attached hydrogens (tertiary/aromatic N) is 1. The van der Waals surface area contributed by atoms with Crippen LogP contribution in [0.3, 0.4) is 0 Å². The summed E-state index contributed by atoms with van der Waals surface area (Å²) in [5.74, 6) is 0.133. The summed E-state index contributed by atoms with van der Waals surface area (Å²) in [6.45, 7) is 0.721. The first-order chi connectivity index (χ1) is 9.24. The van der Waals surface area contributed by atoms with Crippen molar-refractivity contribution in [1.29, 1.82) is 0 Å². The molecule has 1 aromatic heterocycles. The molecule has 2 N–H and O–H groups in total. The second kappa shape index (κ2) is 5.01. The zero-order valence-corrected chi connectivity index (χ0v) is 11.2. The predicted molar refractivity (Wildman–Crippen MR) is 76.2 cm³/mol. The van der Waals surface area contributed by atoms with E-state index in [-0.39, 0.29) is 11.9 Å². The number of amides is 1. The minimum absolute atomic E-state index is 0.133. The van der Waals surface area contributed by atoms with Gasteiger partial charge in [0.2, 0.25) is 5.91 Å². The van der Waals surface area contributed by atoms with Crippen molar-refractivity contribution in [3.8, 4) is 11.3 Å². The molecule has 98 valence electrons. The fourth-order valence-electron chi connectivity index (χ4n) is 2.46. The molecule has 0 spiro atoms. The molecule has 0 radical (unpaired) electrons. The number of hydrogen-bond donors (Lipinski definition) is 2. The highest BCUT2D eigenvalue weighted by molar-refractivity contribution is 7.71. The van der Waals surface area contributed by atoms with Crippen molar-refractivity contribution in [1.82, 2.24) is 14.9 Å². The summed E-state index contributed by atoms with van der Waals surface area (Å²) < 4.78 is 2.75. The number of hydrogen-bond acceptors (Lipinski definition) is 2. The molecule has 1 aromatic carbocycles. The Balaban J connectivity index is 1.91. The third kappa shape index (κ3) is 2.46. The zero-order valence-electron chi connectivity index (χ0n) is 10.4. The summed E-state index contributed by atoms with van der Waals surface area (Å²) in [6, 6.07) is 10.3. The van der Waals surface area contributed by atoms with Gasteiger partial charge < -0.3 is 14.9 Å². The Morgan fingerprint density at radius 2 is 2.11 bits per heavy atom. The fraction of sp³-hybridized carbons (Fsp3) is 0.286. The Morgan fingerprint density at radius 1 is 1.32 bits per heavy atom. The van der Waals surface area contributed by atoms with Gasteiger partial charge in [-0.25, -0.2) is 0 Å². The first kappa shape index (κ1) is 12.2. The van der Waals surface area contributed by atoms with Gasteiger partial charge in [0.05, 0.1) is 5.69 Å². The maximum Gasteiger partial charge on any atom is 0.220 e. The monoisotopic (exact) mass is 273 g/mol. The molecular formula is C14H15N3OS. The van der Waals surface area contributed by atoms with Crippen LogP contribution in [0, 0.1) is 4.77 Å². The molecule has 1 atom stereocenters. The number of imidazole rings is 1. The highest BCUT2D eigenvalue weighted by Gasteiger charge is 2.22. The number of H-pyrrole nitrogens is 1. The second-order valence-electron chi connectivity index (χ2n) is 4.76. The van der Waals surface area contributed by atoms with E-state index < -0.39 is 0 Å². The predicted octanol–water partition coefficient (Wildman–Crippen LogP) is 2.49. The van der Waals surface area contributed by atoms with Gasteiger partial charge in [-0.2, -0.15) is 0 Å². The van der Waals surface area contributed by atoms with Crippen LogP contribution in [0.2, 0.25) is 0 Å². The molecule has 1 amide bonds. The molecule has 0 bridgehead atoms. The van der Waals surface area contributed by atoms with Crippen LogP contribution in [0.5, 0.6) is 0 Å². The number of aromatic amines is 1. The van der Waals surface area contributed by atoms with Gasteiger partial charge in [-0.1, -0.05) is 30.3 Å². The van der Waals surface area contributed by atoms with Gasteiger partial charge in [-0.05, 0) is 24.2 Å². The van der Waals surface area contributed by atoms with Crippen molar-refractivity contribution in [2.75, 3.05) is 0 Å². The first-order valence-corrected chi connectivity index (χ1v) is 6.78. The van der Waals surface area contributed by atoms with Crippen LogP contribution < -0.4 is 5.32 Å². The van der Waals surface area contributed by atoms with Crippen molar-refractivity contribution in [3.05, 3.63) is 41.3 Å². The van der Waals surface area contributed by atoms with E-state index in [1.54, 1.807) is 0 Å². The van der Waals surface area contributed by atoms with Crippen LogP contribution >= 0.6 is 12.2 Å². The Bertz CT molecular complexity index is 644. The van der Waals surface area contributed by atoms with Crippen molar-refractivity contribution < 1.29 is 4.79 Å². The molecule has 1 aliphatic heterocycles. The van der Waals surface area contributed by atoms with Crippen LogP contribution in [0.25, 0.3) is 11.3 Å². The number of aromatic nitrogens is 2. The van der Waals surface area contributed by atoms with Crippen molar-refractivity contribution >= 4 is 18.1 Å². The number of benzene rings is 1. The Kier molecular flexibility index (Phi) is 3.21. The normalized spacial score (nSPS) is 18.5. The fourth-order valence-corrected chi connectivity index (χ4v) is 2.69. The number of carbonyl (C=O) groups is 1. The Labute approximate surface area is 116 Å². The van der Waals surface area contributed by atoms with E-state index in [1.807, 2.05) is 24.4 Å². The average molecular weight is 273 g/mol. The standard InChI is InChI=1S/C14H15N3OS/c18-13-7-6-11(16-13)9-17-12(8-15-14(17)19)10-4-2-1-3-5-10/h1-5,8,11H,6-7,9H2,(H,15,19)(H,16,18). The largest absolute Gasteiger partial charge is 0.352 e. The molecule has 1 unspecified atom stereocenters. The lowest BCUT2D eigenvalue weighted by Crippen LogP contribution is -2.29. The average Bonchev–Trinajstić information content (AvgIpc) is 2.99. The van der Waals surface area contributed by atoms with Gasteiger partial charge in [0.25, 0.3) is 0 Å². The van der Waals surface area contributed by atoms with Crippen LogP contribution in [-0.4, -0.2) is 21.5 Å². The van der Waals surface area contributed by atoms with Gasteiger partial charge in [0.15, 0.2) is 4.77 Å². The van der Waals surface area contributed by atoms with E-state index >= 15 is 0 Å². The van der Waals surface area contributed by atoms with Crippen LogP contribution in [-0.2, 0) is 11.3 Å². The molecule has 0 saturated carbocycles. The number of carbonyl (C=O) groups excluding carboxylic acids is 1. The topological polar surface area (TPSA) is 49.8 Å². The Hall–Kier alpha value is -1.88. The minimum atomic E-state index is 0.133. The van der Waals surface area contributed by atoms with E-state index in [9.17, 15) is 4.79 Å². The van der Waals surface area contributed by atoms with Crippen LogP contribution in [0.15, 0.2) is 36.5 Å². The molecule has 3 rings (SSSR count). The SMILES string of the molecule is O=C1CCC(Cn2c(-c3ccccc3)c[nH]c2=S)N1. The molecule has 2 aromatic rings. The molecular weight excluding hydrogens is 258 g/mol. The van der Waals surface area contributed by atoms with Gasteiger partial charge >= 0.3 is 0 Å². The molecule has 19 heavy (non-hydrogen) atoms. The van der Waals surface area contributed by atoms with Crippen molar-refractivity contribution in [2.24, 2.45) is 0 Å². The molecule has 1 aliphatic rings. The second-order valence-corrected chi connectivity index (χ2v) is 5.15. The van der Waals surface area contributed by atoms with Gasteiger partial charge in [-0.15, -0.1) is 0 Å². The molecule has 2 heterocycles. The molecule has 5 heteroatoms. The van der Waals surface area contributed by atoms with Crippen molar-refractivity contribution in [3.63, 3.8) is 0 Å². The minimum Gasteiger partial charge on any atom is -0.352 e. The lowest BCUT2D eigenvalue weighted by molar-refractivity contribution is -0.119. The lowest BCUT2D eigenvalue weighted by atomic mass is 10.1. The summed E-state index contributed by atoms with van der Waals surface area (Å²) >= 11 is 5.33. The summed E-state index contributed by atoms with van der Waals surface area (Å²) in [6.07, 6.45) is 3.41. The smallest absolute Gasteiger partial charge is 0.220 e. The maximum atomic E-state index is 11.3. The van der Waals surface area contributed by atoms with Gasteiger partial charge in [0, 0.05) is 25.2 Å². The van der Waals surface area contributed by atoms with E-state index in [0.29, 0.717) is 11.2 Å². The number of nitrogens with one attached hydrogen (secondary N) is 2.